The summed E-state index contributed by atoms with van der Waals surface area (Å²) in [5.41, 5.74) is 3.05. The molecule has 0 fully saturated rings. The number of para-hydroxylation sites is 1. The Labute approximate surface area is 84.9 Å². The highest BCUT2D eigenvalue weighted by Gasteiger charge is 2.08. The first kappa shape index (κ1) is 10.6. The van der Waals surface area contributed by atoms with Crippen molar-refractivity contribution >= 4 is 17.7 Å². The molecule has 2 N–H and O–H groups in total. The van der Waals surface area contributed by atoms with Gasteiger partial charge in [-0.3, -0.25) is 0 Å². The van der Waals surface area contributed by atoms with E-state index in [1.807, 2.05) is 0 Å². The van der Waals surface area contributed by atoms with E-state index >= 15 is 0 Å². The van der Waals surface area contributed by atoms with Crippen molar-refractivity contribution in [1.29, 1.82) is 0 Å². The topological polar surface area (TPSA) is 100 Å². The first-order chi connectivity index (χ1) is 7.24. The Morgan fingerprint density at radius 1 is 1.47 bits per heavy atom. The van der Waals surface area contributed by atoms with E-state index in [2.05, 4.69) is 15.7 Å². The lowest BCUT2D eigenvalue weighted by atomic mass is 10.3. The molecule has 0 amide bonds. The van der Waals surface area contributed by atoms with Crippen molar-refractivity contribution in [2.45, 2.75) is 0 Å². The van der Waals surface area contributed by atoms with E-state index in [1.54, 1.807) is 30.3 Å². The van der Waals surface area contributed by atoms with Gasteiger partial charge in [-0.15, -0.1) is 0 Å². The summed E-state index contributed by atoms with van der Waals surface area (Å²) in [4.78, 5) is 9.57. The SMILES string of the molecule is O=[N+]([O-])C(C=NO)=NNc1ccccc1. The van der Waals surface area contributed by atoms with Crippen LogP contribution in [0.4, 0.5) is 5.69 Å². The maximum atomic E-state index is 10.3. The zero-order chi connectivity index (χ0) is 11.1. The molecule has 0 bridgehead atoms. The predicted molar refractivity (Wildman–Crippen MR) is 54.8 cm³/mol. The van der Waals surface area contributed by atoms with E-state index < -0.39 is 10.8 Å². The van der Waals surface area contributed by atoms with Crippen molar-refractivity contribution in [1.82, 2.24) is 0 Å². The number of rotatable bonds is 3. The lowest BCUT2D eigenvalue weighted by Gasteiger charge is -1.94. The summed E-state index contributed by atoms with van der Waals surface area (Å²) in [7, 11) is 0. The van der Waals surface area contributed by atoms with E-state index in [0.717, 1.165) is 0 Å². The second kappa shape index (κ2) is 5.32. The van der Waals surface area contributed by atoms with Crippen LogP contribution in [0.2, 0.25) is 0 Å². The van der Waals surface area contributed by atoms with Gasteiger partial charge in [-0.25, -0.2) is 0 Å². The molecule has 0 saturated heterocycles. The van der Waals surface area contributed by atoms with Crippen LogP contribution in [-0.4, -0.2) is 22.2 Å². The lowest BCUT2D eigenvalue weighted by molar-refractivity contribution is -0.345. The smallest absolute Gasteiger partial charge is 0.409 e. The van der Waals surface area contributed by atoms with Gasteiger partial charge >= 0.3 is 5.84 Å². The van der Waals surface area contributed by atoms with Gasteiger partial charge in [-0.1, -0.05) is 23.4 Å². The summed E-state index contributed by atoms with van der Waals surface area (Å²) in [5, 5.41) is 24.5. The molecular formula is C8H8N4O3. The standard InChI is InChI=1S/C8H8N4O3/c13-9-6-8(12(14)15)11-10-7-4-2-1-3-5-7/h1-6,10,13H. The fourth-order valence-corrected chi connectivity index (χ4v) is 0.803. The first-order valence-corrected chi connectivity index (χ1v) is 3.94. The molecule has 0 aliphatic rings. The fraction of sp³-hybridized carbons (Fsp3) is 0. The summed E-state index contributed by atoms with van der Waals surface area (Å²) < 4.78 is 0. The van der Waals surface area contributed by atoms with Gasteiger partial charge in [0.2, 0.25) is 0 Å². The van der Waals surface area contributed by atoms with Gasteiger partial charge in [0, 0.05) is 0 Å². The van der Waals surface area contributed by atoms with Gasteiger partial charge in [0.15, 0.2) is 6.21 Å². The molecule has 0 saturated carbocycles. The molecule has 0 aromatic heterocycles. The molecule has 0 aliphatic carbocycles. The summed E-state index contributed by atoms with van der Waals surface area (Å²) in [5.74, 6) is -0.582. The van der Waals surface area contributed by atoms with Crippen molar-refractivity contribution in [3.8, 4) is 0 Å². The van der Waals surface area contributed by atoms with Gasteiger partial charge in [0.05, 0.1) is 10.8 Å². The number of hydrogen-bond donors (Lipinski definition) is 2. The van der Waals surface area contributed by atoms with Gasteiger partial charge in [0.1, 0.15) is 0 Å². The molecule has 7 nitrogen and oxygen atoms in total. The monoisotopic (exact) mass is 208 g/mol. The molecular weight excluding hydrogens is 200 g/mol. The zero-order valence-corrected chi connectivity index (χ0v) is 7.57. The molecule has 0 heterocycles. The number of benzene rings is 1. The average molecular weight is 208 g/mol. The quantitative estimate of drug-likeness (QED) is 0.256. The third-order valence-electron chi connectivity index (χ3n) is 1.43. The molecule has 1 aromatic carbocycles. The van der Waals surface area contributed by atoms with Crippen LogP contribution in [0, 0.1) is 10.1 Å². The van der Waals surface area contributed by atoms with Crippen LogP contribution >= 0.6 is 0 Å². The number of anilines is 1. The Bertz CT molecular complexity index is 388. The van der Waals surface area contributed by atoms with Crippen LogP contribution < -0.4 is 5.43 Å². The third-order valence-corrected chi connectivity index (χ3v) is 1.43. The van der Waals surface area contributed by atoms with E-state index in [0.29, 0.717) is 11.9 Å². The molecule has 0 atom stereocenters. The summed E-state index contributed by atoms with van der Waals surface area (Å²) >= 11 is 0. The minimum atomic E-state index is -0.768. The largest absolute Gasteiger partial charge is 0.411 e. The van der Waals surface area contributed by atoms with E-state index in [4.69, 9.17) is 5.21 Å². The van der Waals surface area contributed by atoms with Gasteiger partial charge < -0.3 is 15.3 Å². The second-order valence-corrected chi connectivity index (χ2v) is 2.45. The number of nitrogens with zero attached hydrogens (tertiary/aromatic N) is 3. The Hall–Kier alpha value is -2.44. The van der Waals surface area contributed by atoms with Crippen LogP contribution in [0.3, 0.4) is 0 Å². The van der Waals surface area contributed by atoms with Crippen LogP contribution in [0.1, 0.15) is 0 Å². The van der Waals surface area contributed by atoms with Gasteiger partial charge in [-0.05, 0) is 17.1 Å². The second-order valence-electron chi connectivity index (χ2n) is 2.45. The highest BCUT2D eigenvalue weighted by molar-refractivity contribution is 6.25. The Kier molecular flexibility index (Phi) is 3.78. The molecule has 7 heteroatoms. The van der Waals surface area contributed by atoms with Crippen molar-refractivity contribution in [3.05, 3.63) is 40.4 Å². The van der Waals surface area contributed by atoms with E-state index in [9.17, 15) is 10.1 Å². The zero-order valence-electron chi connectivity index (χ0n) is 7.57. The summed E-state index contributed by atoms with van der Waals surface area (Å²) in [6, 6.07) is 8.69. The van der Waals surface area contributed by atoms with Crippen molar-refractivity contribution in [2.24, 2.45) is 10.3 Å². The summed E-state index contributed by atoms with van der Waals surface area (Å²) in [6.45, 7) is 0. The van der Waals surface area contributed by atoms with E-state index in [-0.39, 0.29) is 0 Å². The van der Waals surface area contributed by atoms with Gasteiger partial charge in [0.25, 0.3) is 0 Å². The highest BCUT2D eigenvalue weighted by atomic mass is 16.6. The molecule has 15 heavy (non-hydrogen) atoms. The van der Waals surface area contributed by atoms with Crippen LogP contribution in [0.15, 0.2) is 40.6 Å². The Balaban J connectivity index is 2.74. The minimum absolute atomic E-state index is 0.582. The number of oxime groups is 1. The van der Waals surface area contributed by atoms with Crippen LogP contribution in [0.25, 0.3) is 0 Å². The Morgan fingerprint density at radius 3 is 2.67 bits per heavy atom. The molecule has 1 rings (SSSR count). The molecule has 0 aliphatic heterocycles. The average Bonchev–Trinajstić information content (AvgIpc) is 2.25. The fourth-order valence-electron chi connectivity index (χ4n) is 0.803. The molecule has 1 aromatic rings. The van der Waals surface area contributed by atoms with Crippen molar-refractivity contribution in [2.75, 3.05) is 5.43 Å². The number of nitro groups is 1. The molecule has 78 valence electrons. The van der Waals surface area contributed by atoms with Crippen LogP contribution in [0.5, 0.6) is 0 Å². The number of amidine groups is 1. The molecule has 0 spiro atoms. The van der Waals surface area contributed by atoms with Crippen molar-refractivity contribution in [3.63, 3.8) is 0 Å². The highest BCUT2D eigenvalue weighted by Crippen LogP contribution is 2.04. The lowest BCUT2D eigenvalue weighted by Crippen LogP contribution is -2.15. The maximum absolute atomic E-state index is 10.3. The van der Waals surface area contributed by atoms with E-state index in [1.165, 1.54) is 0 Å². The molecule has 0 radical (unpaired) electrons. The number of hydrazone groups is 1. The Morgan fingerprint density at radius 2 is 2.13 bits per heavy atom. The van der Waals surface area contributed by atoms with Crippen LogP contribution in [-0.2, 0) is 0 Å². The normalized spacial score (nSPS) is 11.6. The maximum Gasteiger partial charge on any atom is 0.409 e. The number of nitrogens with one attached hydrogen (secondary N) is 1. The predicted octanol–water partition coefficient (Wildman–Crippen LogP) is 1.15. The molecule has 0 unspecified atom stereocenters. The number of hydrogen-bond acceptors (Lipinski definition) is 6. The van der Waals surface area contributed by atoms with Gasteiger partial charge in [-0.2, -0.15) is 5.43 Å². The van der Waals surface area contributed by atoms with Crippen molar-refractivity contribution < 1.29 is 10.1 Å². The minimum Gasteiger partial charge on any atom is -0.411 e. The third kappa shape index (κ3) is 3.43. The summed E-state index contributed by atoms with van der Waals surface area (Å²) in [6.07, 6.45) is 0.635. The first-order valence-electron chi connectivity index (χ1n) is 3.94.